The van der Waals surface area contributed by atoms with Crippen LogP contribution in [0.5, 0.6) is 0 Å². The van der Waals surface area contributed by atoms with Crippen LogP contribution in [0.4, 0.5) is 0 Å². The molecule has 0 radical (unpaired) electrons. The summed E-state index contributed by atoms with van der Waals surface area (Å²) in [4.78, 5) is 0. The maximum absolute atomic E-state index is 2.70. The second-order valence-electron chi connectivity index (χ2n) is 3.71. The van der Waals surface area contributed by atoms with Crippen molar-refractivity contribution in [2.75, 3.05) is 26.2 Å². The van der Waals surface area contributed by atoms with Gasteiger partial charge in [-0.2, -0.15) is 0 Å². The molecule has 0 aliphatic heterocycles. The van der Waals surface area contributed by atoms with Gasteiger partial charge in [0.1, 0.15) is 0 Å². The average Bonchev–Trinajstić information content (AvgIpc) is 2.21. The van der Waals surface area contributed by atoms with E-state index < -0.39 is 9.12 Å². The third-order valence-electron chi connectivity index (χ3n) is 3.01. The minimum Gasteiger partial charge on any atom is -0.315 e. The van der Waals surface area contributed by atoms with Crippen molar-refractivity contribution in [1.29, 1.82) is 0 Å². The van der Waals surface area contributed by atoms with Crippen molar-refractivity contribution in [3.05, 3.63) is 0 Å². The van der Waals surface area contributed by atoms with Crippen molar-refractivity contribution in [3.8, 4) is 0 Å². The third kappa shape index (κ3) is 4.11. The fourth-order valence-electron chi connectivity index (χ4n) is 2.14. The average molecular weight is 216 g/mol. The minimum absolute atomic E-state index is 0.797. The van der Waals surface area contributed by atoms with Crippen LogP contribution in [-0.2, 0) is 0 Å². The van der Waals surface area contributed by atoms with Gasteiger partial charge in [0.05, 0.1) is 0 Å². The molecule has 3 heteroatoms. The molecule has 0 spiro atoms. The predicted molar refractivity (Wildman–Crippen MR) is 68.1 cm³/mol. The van der Waals surface area contributed by atoms with E-state index in [4.69, 9.17) is 0 Å². The summed E-state index contributed by atoms with van der Waals surface area (Å²) in [7, 11) is -0.797. The van der Waals surface area contributed by atoms with E-state index in [0.717, 1.165) is 0 Å². The Morgan fingerprint density at radius 2 is 1.07 bits per heavy atom. The standard InChI is InChI=1S/C11H28N2Si/c1-6-11-14(12(7-2)8-3)13(9-4)10-5/h14H,6-11H2,1-5H3. The van der Waals surface area contributed by atoms with Gasteiger partial charge in [-0.05, 0) is 32.2 Å². The van der Waals surface area contributed by atoms with E-state index in [1.165, 1.54) is 38.6 Å². The van der Waals surface area contributed by atoms with E-state index in [2.05, 4.69) is 43.7 Å². The molecule has 2 nitrogen and oxygen atoms in total. The fraction of sp³-hybridized carbons (Fsp3) is 1.00. The molecule has 14 heavy (non-hydrogen) atoms. The fourth-order valence-corrected chi connectivity index (χ4v) is 5.54. The summed E-state index contributed by atoms with van der Waals surface area (Å²) in [6.07, 6.45) is 1.34. The molecule has 0 fully saturated rings. The molecule has 0 aromatic heterocycles. The lowest BCUT2D eigenvalue weighted by molar-refractivity contribution is 0.375. The molecule has 0 heterocycles. The van der Waals surface area contributed by atoms with Crippen LogP contribution < -0.4 is 0 Å². The van der Waals surface area contributed by atoms with Gasteiger partial charge in [0.25, 0.3) is 0 Å². The summed E-state index contributed by atoms with van der Waals surface area (Å²) in [5.41, 5.74) is 0. The van der Waals surface area contributed by atoms with Crippen molar-refractivity contribution >= 4 is 9.12 Å². The zero-order valence-electron chi connectivity index (χ0n) is 10.7. The van der Waals surface area contributed by atoms with Crippen LogP contribution in [0.15, 0.2) is 0 Å². The van der Waals surface area contributed by atoms with Crippen LogP contribution >= 0.6 is 0 Å². The molecule has 0 saturated carbocycles. The topological polar surface area (TPSA) is 6.48 Å². The molecule has 86 valence electrons. The molecule has 0 bridgehead atoms. The molecule has 0 rings (SSSR count). The molecule has 0 unspecified atom stereocenters. The van der Waals surface area contributed by atoms with Gasteiger partial charge in [0, 0.05) is 0 Å². The van der Waals surface area contributed by atoms with Gasteiger partial charge in [0.15, 0.2) is 9.12 Å². The lowest BCUT2D eigenvalue weighted by Crippen LogP contribution is -2.52. The smallest absolute Gasteiger partial charge is 0.189 e. The van der Waals surface area contributed by atoms with Crippen LogP contribution in [0.3, 0.4) is 0 Å². The van der Waals surface area contributed by atoms with Gasteiger partial charge in [-0.25, -0.2) is 0 Å². The largest absolute Gasteiger partial charge is 0.315 e. The Hall–Kier alpha value is 0.137. The highest BCUT2D eigenvalue weighted by atomic mass is 28.3. The quantitative estimate of drug-likeness (QED) is 0.575. The first-order valence-electron chi connectivity index (χ1n) is 6.23. The lowest BCUT2D eigenvalue weighted by atomic mass is 10.6. The molecule has 0 saturated heterocycles. The molecular formula is C11H28N2Si. The Balaban J connectivity index is 4.36. The van der Waals surface area contributed by atoms with Crippen LogP contribution in [0, 0.1) is 0 Å². The van der Waals surface area contributed by atoms with Crippen molar-refractivity contribution < 1.29 is 0 Å². The van der Waals surface area contributed by atoms with Crippen molar-refractivity contribution in [2.45, 2.75) is 47.1 Å². The van der Waals surface area contributed by atoms with E-state index in [9.17, 15) is 0 Å². The Bertz CT molecular complexity index is 110. The molecule has 0 aliphatic carbocycles. The van der Waals surface area contributed by atoms with Crippen LogP contribution in [-0.4, -0.2) is 44.4 Å². The first-order valence-corrected chi connectivity index (χ1v) is 8.07. The second-order valence-corrected chi connectivity index (χ2v) is 6.71. The van der Waals surface area contributed by atoms with Crippen LogP contribution in [0.2, 0.25) is 6.04 Å². The van der Waals surface area contributed by atoms with E-state index >= 15 is 0 Å². The Morgan fingerprint density at radius 1 is 0.714 bits per heavy atom. The highest BCUT2D eigenvalue weighted by Crippen LogP contribution is 2.08. The number of rotatable bonds is 8. The lowest BCUT2D eigenvalue weighted by Gasteiger charge is -2.36. The first-order chi connectivity index (χ1) is 6.74. The van der Waals surface area contributed by atoms with E-state index in [0.29, 0.717) is 0 Å². The number of hydrogen-bond donors (Lipinski definition) is 0. The van der Waals surface area contributed by atoms with Gasteiger partial charge in [-0.1, -0.05) is 41.0 Å². The first kappa shape index (κ1) is 14.1. The highest BCUT2D eigenvalue weighted by molar-refractivity contribution is 6.52. The second kappa shape index (κ2) is 8.45. The third-order valence-corrected chi connectivity index (χ3v) is 7.25. The number of nitrogens with zero attached hydrogens (tertiary/aromatic N) is 2. The summed E-state index contributed by atoms with van der Waals surface area (Å²) in [6, 6.07) is 1.43. The van der Waals surface area contributed by atoms with E-state index in [1.807, 2.05) is 0 Å². The SMILES string of the molecule is CCC[SiH](N(CC)CC)N(CC)CC. The molecule has 0 aliphatic rings. The van der Waals surface area contributed by atoms with Crippen molar-refractivity contribution in [3.63, 3.8) is 0 Å². The molecular weight excluding hydrogens is 188 g/mol. The minimum atomic E-state index is -0.797. The zero-order chi connectivity index (χ0) is 11.0. The van der Waals surface area contributed by atoms with Gasteiger partial charge >= 0.3 is 0 Å². The summed E-state index contributed by atoms with van der Waals surface area (Å²) in [5, 5.41) is 0. The van der Waals surface area contributed by atoms with Gasteiger partial charge in [-0.3, -0.25) is 0 Å². The van der Waals surface area contributed by atoms with Crippen molar-refractivity contribution in [1.82, 2.24) is 9.13 Å². The predicted octanol–water partition coefficient (Wildman–Crippen LogP) is 2.30. The van der Waals surface area contributed by atoms with Gasteiger partial charge in [-0.15, -0.1) is 0 Å². The molecule has 0 aromatic carbocycles. The van der Waals surface area contributed by atoms with Crippen LogP contribution in [0.1, 0.15) is 41.0 Å². The maximum atomic E-state index is 2.70. The van der Waals surface area contributed by atoms with Crippen LogP contribution in [0.25, 0.3) is 0 Å². The Morgan fingerprint density at radius 3 is 1.29 bits per heavy atom. The maximum Gasteiger partial charge on any atom is 0.189 e. The Labute approximate surface area is 92.0 Å². The summed E-state index contributed by atoms with van der Waals surface area (Å²) >= 11 is 0. The van der Waals surface area contributed by atoms with Gasteiger partial charge in [0.2, 0.25) is 0 Å². The summed E-state index contributed by atoms with van der Waals surface area (Å²) in [5.74, 6) is 0. The molecule has 0 atom stereocenters. The van der Waals surface area contributed by atoms with E-state index in [1.54, 1.807) is 0 Å². The highest BCUT2D eigenvalue weighted by Gasteiger charge is 2.22. The van der Waals surface area contributed by atoms with E-state index in [-0.39, 0.29) is 0 Å². The molecule has 0 aromatic rings. The monoisotopic (exact) mass is 216 g/mol. The summed E-state index contributed by atoms with van der Waals surface area (Å²) in [6.45, 7) is 16.4. The summed E-state index contributed by atoms with van der Waals surface area (Å²) < 4.78 is 5.41. The van der Waals surface area contributed by atoms with Crippen molar-refractivity contribution in [2.24, 2.45) is 0 Å². The normalized spacial score (nSPS) is 12.0. The number of hydrogen-bond acceptors (Lipinski definition) is 2. The molecule has 0 amide bonds. The van der Waals surface area contributed by atoms with Gasteiger partial charge < -0.3 is 9.13 Å². The Kier molecular flexibility index (Phi) is 8.53. The molecule has 0 N–H and O–H groups in total. The zero-order valence-corrected chi connectivity index (χ0v) is 11.9.